The van der Waals surface area contributed by atoms with Gasteiger partial charge in [-0.3, -0.25) is 9.78 Å². The quantitative estimate of drug-likeness (QED) is 0.796. The lowest BCUT2D eigenvalue weighted by molar-refractivity contribution is 0.0949. The lowest BCUT2D eigenvalue weighted by Gasteiger charge is -2.11. The third-order valence-electron chi connectivity index (χ3n) is 3.84. The normalized spacial score (nSPS) is 11.0. The van der Waals surface area contributed by atoms with Crippen molar-refractivity contribution in [3.8, 4) is 0 Å². The highest BCUT2D eigenvalue weighted by atomic mass is 16.3. The van der Waals surface area contributed by atoms with Crippen molar-refractivity contribution < 1.29 is 9.21 Å². The summed E-state index contributed by atoms with van der Waals surface area (Å²) in [6, 6.07) is 9.70. The van der Waals surface area contributed by atoms with E-state index in [1.807, 2.05) is 52.0 Å². The number of furan rings is 1. The van der Waals surface area contributed by atoms with Gasteiger partial charge in [0, 0.05) is 11.1 Å². The summed E-state index contributed by atoms with van der Waals surface area (Å²) in [5, 5.41) is 3.82. The molecule has 4 nitrogen and oxygen atoms in total. The highest BCUT2D eigenvalue weighted by Gasteiger charge is 2.14. The SMILES string of the molecule is Cc1cc(C)c2nc(C)cc(C(=O)NCc3ccc(C)o3)c2c1. The predicted molar refractivity (Wildman–Crippen MR) is 90.6 cm³/mol. The number of aryl methyl sites for hydroxylation is 4. The minimum absolute atomic E-state index is 0.112. The van der Waals surface area contributed by atoms with Crippen LogP contribution < -0.4 is 5.32 Å². The first-order valence-electron chi connectivity index (χ1n) is 7.66. The molecule has 0 unspecified atom stereocenters. The third-order valence-corrected chi connectivity index (χ3v) is 3.84. The Labute approximate surface area is 135 Å². The topological polar surface area (TPSA) is 55.1 Å². The molecule has 23 heavy (non-hydrogen) atoms. The van der Waals surface area contributed by atoms with Gasteiger partial charge in [0.2, 0.25) is 0 Å². The maximum absolute atomic E-state index is 12.6. The van der Waals surface area contributed by atoms with Crippen LogP contribution in [0, 0.1) is 27.7 Å². The first-order chi connectivity index (χ1) is 10.9. The van der Waals surface area contributed by atoms with Crippen molar-refractivity contribution in [1.29, 1.82) is 0 Å². The molecule has 0 saturated heterocycles. The van der Waals surface area contributed by atoms with E-state index < -0.39 is 0 Å². The fourth-order valence-corrected chi connectivity index (χ4v) is 2.84. The Kier molecular flexibility index (Phi) is 3.90. The summed E-state index contributed by atoms with van der Waals surface area (Å²) in [5.41, 5.74) is 4.58. The van der Waals surface area contributed by atoms with Crippen LogP contribution in [0.3, 0.4) is 0 Å². The van der Waals surface area contributed by atoms with Gasteiger partial charge in [0.05, 0.1) is 17.6 Å². The Morgan fingerprint density at radius 1 is 1.13 bits per heavy atom. The molecule has 3 aromatic rings. The largest absolute Gasteiger partial charge is 0.465 e. The molecular weight excluding hydrogens is 288 g/mol. The number of amides is 1. The van der Waals surface area contributed by atoms with Crippen LogP contribution in [0.25, 0.3) is 10.9 Å². The summed E-state index contributed by atoms with van der Waals surface area (Å²) in [6.07, 6.45) is 0. The van der Waals surface area contributed by atoms with Crippen LogP contribution in [-0.2, 0) is 6.54 Å². The van der Waals surface area contributed by atoms with E-state index in [0.717, 1.165) is 39.2 Å². The molecule has 1 amide bonds. The van der Waals surface area contributed by atoms with E-state index >= 15 is 0 Å². The Bertz CT molecular complexity index is 894. The number of nitrogens with one attached hydrogen (secondary N) is 1. The number of hydrogen-bond donors (Lipinski definition) is 1. The predicted octanol–water partition coefficient (Wildman–Crippen LogP) is 3.99. The average molecular weight is 308 g/mol. The molecule has 0 saturated carbocycles. The second-order valence-electron chi connectivity index (χ2n) is 5.98. The highest BCUT2D eigenvalue weighted by molar-refractivity contribution is 6.07. The summed E-state index contributed by atoms with van der Waals surface area (Å²) in [6.45, 7) is 8.22. The number of fused-ring (bicyclic) bond motifs is 1. The number of benzene rings is 1. The molecule has 0 aliphatic rings. The zero-order valence-corrected chi connectivity index (χ0v) is 13.9. The molecule has 2 heterocycles. The second-order valence-corrected chi connectivity index (χ2v) is 5.98. The number of aromatic nitrogens is 1. The van der Waals surface area contributed by atoms with Gasteiger partial charge in [-0.25, -0.2) is 0 Å². The zero-order valence-electron chi connectivity index (χ0n) is 13.9. The van der Waals surface area contributed by atoms with Gasteiger partial charge in [-0.2, -0.15) is 0 Å². The Balaban J connectivity index is 1.96. The summed E-state index contributed by atoms with van der Waals surface area (Å²) >= 11 is 0. The smallest absolute Gasteiger partial charge is 0.252 e. The Morgan fingerprint density at radius 3 is 2.61 bits per heavy atom. The number of nitrogens with zero attached hydrogens (tertiary/aromatic N) is 1. The van der Waals surface area contributed by atoms with Crippen molar-refractivity contribution in [1.82, 2.24) is 10.3 Å². The first kappa shape index (κ1) is 15.3. The van der Waals surface area contributed by atoms with Crippen molar-refractivity contribution in [3.05, 3.63) is 64.2 Å². The van der Waals surface area contributed by atoms with Crippen LogP contribution in [-0.4, -0.2) is 10.9 Å². The van der Waals surface area contributed by atoms with Crippen molar-refractivity contribution in [3.63, 3.8) is 0 Å². The lowest BCUT2D eigenvalue weighted by Crippen LogP contribution is -2.23. The minimum atomic E-state index is -0.112. The van der Waals surface area contributed by atoms with Gasteiger partial charge in [0.25, 0.3) is 5.91 Å². The Hall–Kier alpha value is -2.62. The van der Waals surface area contributed by atoms with E-state index in [0.29, 0.717) is 12.1 Å². The minimum Gasteiger partial charge on any atom is -0.465 e. The van der Waals surface area contributed by atoms with E-state index in [1.54, 1.807) is 0 Å². The van der Waals surface area contributed by atoms with Crippen LogP contribution in [0.2, 0.25) is 0 Å². The van der Waals surface area contributed by atoms with E-state index in [1.165, 1.54) is 0 Å². The fraction of sp³-hybridized carbons (Fsp3) is 0.263. The lowest BCUT2D eigenvalue weighted by atomic mass is 10.0. The van der Waals surface area contributed by atoms with E-state index in [2.05, 4.69) is 16.4 Å². The molecule has 0 aliphatic heterocycles. The van der Waals surface area contributed by atoms with Crippen molar-refractivity contribution in [2.75, 3.05) is 0 Å². The summed E-state index contributed by atoms with van der Waals surface area (Å²) in [7, 11) is 0. The van der Waals surface area contributed by atoms with E-state index in [4.69, 9.17) is 4.42 Å². The molecule has 0 aliphatic carbocycles. The zero-order chi connectivity index (χ0) is 16.6. The summed E-state index contributed by atoms with van der Waals surface area (Å²) in [4.78, 5) is 17.2. The molecule has 0 spiro atoms. The average Bonchev–Trinajstić information content (AvgIpc) is 2.90. The van der Waals surface area contributed by atoms with Crippen molar-refractivity contribution >= 4 is 16.8 Å². The standard InChI is InChI=1S/C19H20N2O2/c1-11-7-12(2)18-16(8-11)17(9-13(3)21-18)19(22)20-10-15-6-5-14(4)23-15/h5-9H,10H2,1-4H3,(H,20,22). The summed E-state index contributed by atoms with van der Waals surface area (Å²) in [5.74, 6) is 1.48. The molecular formula is C19H20N2O2. The molecule has 0 radical (unpaired) electrons. The molecule has 4 heteroatoms. The van der Waals surface area contributed by atoms with Gasteiger partial charge < -0.3 is 9.73 Å². The maximum Gasteiger partial charge on any atom is 0.252 e. The second kappa shape index (κ2) is 5.88. The first-order valence-corrected chi connectivity index (χ1v) is 7.66. The van der Waals surface area contributed by atoms with Gasteiger partial charge in [-0.05, 0) is 57.5 Å². The molecule has 2 aromatic heterocycles. The number of carbonyl (C=O) groups excluding carboxylic acids is 1. The monoisotopic (exact) mass is 308 g/mol. The Morgan fingerprint density at radius 2 is 1.91 bits per heavy atom. The molecule has 1 N–H and O–H groups in total. The molecule has 0 atom stereocenters. The van der Waals surface area contributed by atoms with Crippen LogP contribution in [0.1, 0.15) is 38.7 Å². The number of hydrogen-bond acceptors (Lipinski definition) is 3. The summed E-state index contributed by atoms with van der Waals surface area (Å²) < 4.78 is 5.49. The molecule has 1 aromatic carbocycles. The van der Waals surface area contributed by atoms with Gasteiger partial charge in [0.1, 0.15) is 11.5 Å². The maximum atomic E-state index is 12.6. The molecule has 0 bridgehead atoms. The molecule has 0 fully saturated rings. The number of pyridine rings is 1. The van der Waals surface area contributed by atoms with E-state index in [-0.39, 0.29) is 5.91 Å². The van der Waals surface area contributed by atoms with Crippen LogP contribution in [0.15, 0.2) is 34.7 Å². The van der Waals surface area contributed by atoms with Crippen LogP contribution in [0.5, 0.6) is 0 Å². The van der Waals surface area contributed by atoms with Gasteiger partial charge in [-0.1, -0.05) is 11.6 Å². The third kappa shape index (κ3) is 3.11. The van der Waals surface area contributed by atoms with Gasteiger partial charge in [-0.15, -0.1) is 0 Å². The number of rotatable bonds is 3. The van der Waals surface area contributed by atoms with Crippen molar-refractivity contribution in [2.24, 2.45) is 0 Å². The number of carbonyl (C=O) groups is 1. The molecule has 3 rings (SSSR count). The van der Waals surface area contributed by atoms with Crippen LogP contribution in [0.4, 0.5) is 0 Å². The van der Waals surface area contributed by atoms with Gasteiger partial charge in [0.15, 0.2) is 0 Å². The van der Waals surface area contributed by atoms with Crippen molar-refractivity contribution in [2.45, 2.75) is 34.2 Å². The highest BCUT2D eigenvalue weighted by Crippen LogP contribution is 2.23. The van der Waals surface area contributed by atoms with E-state index in [9.17, 15) is 4.79 Å². The fourth-order valence-electron chi connectivity index (χ4n) is 2.84. The molecule has 118 valence electrons. The van der Waals surface area contributed by atoms with Gasteiger partial charge >= 0.3 is 0 Å². The van der Waals surface area contributed by atoms with Crippen LogP contribution >= 0.6 is 0 Å².